The molecule has 0 aliphatic heterocycles. The Morgan fingerprint density at radius 2 is 1.91 bits per heavy atom. The first kappa shape index (κ1) is 23.1. The minimum Gasteiger partial charge on any atom is -0.384 e. The van der Waals surface area contributed by atoms with Crippen molar-refractivity contribution in [1.29, 1.82) is 0 Å². The third-order valence-corrected chi connectivity index (χ3v) is 5.13. The van der Waals surface area contributed by atoms with Crippen LogP contribution in [0.2, 0.25) is 0 Å². The lowest BCUT2D eigenvalue weighted by molar-refractivity contribution is 0.0893. The summed E-state index contributed by atoms with van der Waals surface area (Å²) in [4.78, 5) is 60.9. The molecule has 2 heterocycles. The van der Waals surface area contributed by atoms with E-state index in [-0.39, 0.29) is 49.2 Å². The van der Waals surface area contributed by atoms with Crippen molar-refractivity contribution in [1.82, 2.24) is 24.4 Å². The van der Waals surface area contributed by atoms with Crippen LogP contribution >= 0.6 is 0 Å². The summed E-state index contributed by atoms with van der Waals surface area (Å²) < 4.78 is 6.05. The number of benzene rings is 1. The number of para-hydroxylation sites is 1. The lowest BCUT2D eigenvalue weighted by Gasteiger charge is -2.25. The van der Waals surface area contributed by atoms with Crippen LogP contribution in [0.4, 0.5) is 5.82 Å². The molecular formula is C21H26N6O5. The van der Waals surface area contributed by atoms with Crippen LogP contribution in [-0.2, 0) is 17.8 Å². The van der Waals surface area contributed by atoms with Crippen molar-refractivity contribution in [3.63, 3.8) is 0 Å². The Bertz CT molecular complexity index is 1310. The van der Waals surface area contributed by atoms with Crippen molar-refractivity contribution < 1.29 is 9.53 Å². The number of hydrogen-bond donors (Lipinski definition) is 3. The SMILES string of the molecule is COCCn1c(N)c(C(=O)CN(Cc2nc3ccccc3c(=O)[nH]2)C(C)C)c(=O)[nH]c1=O. The van der Waals surface area contributed by atoms with Gasteiger partial charge in [0.05, 0.1) is 37.1 Å². The first-order valence-corrected chi connectivity index (χ1v) is 10.1. The number of methoxy groups -OCH3 is 1. The van der Waals surface area contributed by atoms with Gasteiger partial charge in [0.15, 0.2) is 5.78 Å². The maximum absolute atomic E-state index is 13.0. The molecular weight excluding hydrogens is 416 g/mol. The summed E-state index contributed by atoms with van der Waals surface area (Å²) in [5.74, 6) is -0.365. The number of Topliss-reactive ketones (excluding diaryl/α,β-unsaturated/α-hetero) is 1. The number of carbonyl (C=O) groups excluding carboxylic acids is 1. The second kappa shape index (κ2) is 9.71. The normalized spacial score (nSPS) is 11.5. The van der Waals surface area contributed by atoms with E-state index in [9.17, 15) is 19.2 Å². The highest BCUT2D eigenvalue weighted by Crippen LogP contribution is 2.12. The van der Waals surface area contributed by atoms with Crippen molar-refractivity contribution in [2.45, 2.75) is 33.0 Å². The molecule has 0 spiro atoms. The van der Waals surface area contributed by atoms with E-state index < -0.39 is 17.0 Å². The first-order valence-electron chi connectivity index (χ1n) is 10.1. The Kier molecular flexibility index (Phi) is 7.01. The zero-order valence-electron chi connectivity index (χ0n) is 18.2. The molecule has 1 aromatic carbocycles. The van der Waals surface area contributed by atoms with Crippen LogP contribution in [-0.4, -0.2) is 56.5 Å². The molecule has 3 rings (SSSR count). The van der Waals surface area contributed by atoms with Gasteiger partial charge in [0.1, 0.15) is 17.2 Å². The highest BCUT2D eigenvalue weighted by atomic mass is 16.5. The van der Waals surface area contributed by atoms with Gasteiger partial charge in [0.25, 0.3) is 11.1 Å². The molecule has 0 saturated heterocycles. The van der Waals surface area contributed by atoms with E-state index in [4.69, 9.17) is 10.5 Å². The van der Waals surface area contributed by atoms with Gasteiger partial charge in [0.2, 0.25) is 0 Å². The fourth-order valence-corrected chi connectivity index (χ4v) is 3.35. The fourth-order valence-electron chi connectivity index (χ4n) is 3.35. The number of nitrogens with zero attached hydrogens (tertiary/aromatic N) is 3. The number of nitrogens with two attached hydrogens (primary N) is 1. The molecule has 0 radical (unpaired) electrons. The van der Waals surface area contributed by atoms with Crippen LogP contribution in [0.3, 0.4) is 0 Å². The predicted molar refractivity (Wildman–Crippen MR) is 120 cm³/mol. The van der Waals surface area contributed by atoms with Crippen molar-refractivity contribution in [2.24, 2.45) is 0 Å². The average molecular weight is 442 g/mol. The molecule has 0 amide bonds. The fraction of sp³-hybridized carbons (Fsp3) is 0.381. The van der Waals surface area contributed by atoms with E-state index in [1.807, 2.05) is 13.8 Å². The number of nitrogens with one attached hydrogen (secondary N) is 2. The topological polar surface area (TPSA) is 156 Å². The van der Waals surface area contributed by atoms with Gasteiger partial charge in [-0.1, -0.05) is 12.1 Å². The van der Waals surface area contributed by atoms with E-state index >= 15 is 0 Å². The Balaban J connectivity index is 1.90. The van der Waals surface area contributed by atoms with E-state index in [1.165, 1.54) is 7.11 Å². The number of hydrogen-bond acceptors (Lipinski definition) is 8. The van der Waals surface area contributed by atoms with Crippen LogP contribution in [0.1, 0.15) is 30.0 Å². The Morgan fingerprint density at radius 3 is 2.59 bits per heavy atom. The molecule has 0 aliphatic rings. The van der Waals surface area contributed by atoms with Crippen LogP contribution in [0.15, 0.2) is 38.6 Å². The summed E-state index contributed by atoms with van der Waals surface area (Å²) in [6.45, 7) is 4.03. The lowest BCUT2D eigenvalue weighted by Crippen LogP contribution is -2.41. The molecule has 3 aromatic rings. The summed E-state index contributed by atoms with van der Waals surface area (Å²) in [5.41, 5.74) is 4.44. The number of ether oxygens (including phenoxy) is 1. The van der Waals surface area contributed by atoms with Gasteiger partial charge in [-0.2, -0.15) is 0 Å². The molecule has 11 nitrogen and oxygen atoms in total. The number of aromatic amines is 2. The standard InChI is InChI=1S/C21H26N6O5/c1-12(2)26(11-16-23-14-7-5-4-6-13(14)19(29)24-16)10-15(28)17-18(22)27(8-9-32-3)21(31)25-20(17)30/h4-7,12H,8-11,22H2,1-3H3,(H,23,24,29)(H,25,30,31). The summed E-state index contributed by atoms with van der Waals surface area (Å²) in [6.07, 6.45) is 0. The Morgan fingerprint density at radius 1 is 1.19 bits per heavy atom. The molecule has 0 atom stereocenters. The smallest absolute Gasteiger partial charge is 0.330 e. The first-order chi connectivity index (χ1) is 15.2. The van der Waals surface area contributed by atoms with Gasteiger partial charge in [-0.3, -0.25) is 28.8 Å². The molecule has 0 saturated carbocycles. The maximum Gasteiger partial charge on any atom is 0.330 e. The number of rotatable bonds is 9. The van der Waals surface area contributed by atoms with Gasteiger partial charge >= 0.3 is 5.69 Å². The Labute approximate surface area is 182 Å². The number of H-pyrrole nitrogens is 2. The van der Waals surface area contributed by atoms with Gasteiger partial charge in [-0.25, -0.2) is 9.78 Å². The quantitative estimate of drug-likeness (QED) is 0.394. The van der Waals surface area contributed by atoms with Gasteiger partial charge in [0, 0.05) is 13.2 Å². The molecule has 0 fully saturated rings. The minimum atomic E-state index is -0.841. The van der Waals surface area contributed by atoms with Gasteiger partial charge in [-0.05, 0) is 26.0 Å². The highest BCUT2D eigenvalue weighted by Gasteiger charge is 2.23. The minimum absolute atomic E-state index is 0.0916. The van der Waals surface area contributed by atoms with Crippen LogP contribution in [0.5, 0.6) is 0 Å². The summed E-state index contributed by atoms with van der Waals surface area (Å²) in [6, 6.07) is 6.85. The molecule has 32 heavy (non-hydrogen) atoms. The average Bonchev–Trinajstić information content (AvgIpc) is 2.73. The van der Waals surface area contributed by atoms with Crippen LogP contribution < -0.4 is 22.5 Å². The van der Waals surface area contributed by atoms with Crippen molar-refractivity contribution >= 4 is 22.5 Å². The molecule has 0 bridgehead atoms. The predicted octanol–water partition coefficient (Wildman–Crippen LogP) is 0.0950. The van der Waals surface area contributed by atoms with E-state index in [0.717, 1.165) is 4.57 Å². The molecule has 4 N–H and O–H groups in total. The number of fused-ring (bicyclic) bond motifs is 1. The molecule has 0 unspecified atom stereocenters. The number of aromatic nitrogens is 4. The van der Waals surface area contributed by atoms with E-state index in [0.29, 0.717) is 16.7 Å². The largest absolute Gasteiger partial charge is 0.384 e. The maximum atomic E-state index is 13.0. The van der Waals surface area contributed by atoms with Crippen molar-refractivity contribution in [3.8, 4) is 0 Å². The lowest BCUT2D eigenvalue weighted by atomic mass is 10.1. The number of nitrogen functional groups attached to an aromatic ring is 1. The van der Waals surface area contributed by atoms with Gasteiger partial charge < -0.3 is 15.5 Å². The summed E-state index contributed by atoms with van der Waals surface area (Å²) in [5, 5.41) is 0.473. The Hall–Kier alpha value is -3.57. The van der Waals surface area contributed by atoms with E-state index in [2.05, 4.69) is 15.0 Å². The molecule has 11 heteroatoms. The highest BCUT2D eigenvalue weighted by molar-refractivity contribution is 6.01. The monoisotopic (exact) mass is 442 g/mol. The summed E-state index contributed by atoms with van der Waals surface area (Å²) >= 11 is 0. The second-order valence-electron chi connectivity index (χ2n) is 7.62. The third kappa shape index (κ3) is 4.84. The molecule has 2 aromatic heterocycles. The van der Waals surface area contributed by atoms with Crippen molar-refractivity contribution in [3.05, 3.63) is 66.8 Å². The number of ketones is 1. The van der Waals surface area contributed by atoms with Crippen molar-refractivity contribution in [2.75, 3.05) is 26.0 Å². The zero-order valence-corrected chi connectivity index (χ0v) is 18.2. The number of anilines is 1. The molecule has 0 aliphatic carbocycles. The van der Waals surface area contributed by atoms with Crippen LogP contribution in [0.25, 0.3) is 10.9 Å². The zero-order chi connectivity index (χ0) is 23.4. The third-order valence-electron chi connectivity index (χ3n) is 5.13. The second-order valence-corrected chi connectivity index (χ2v) is 7.62. The van der Waals surface area contributed by atoms with E-state index in [1.54, 1.807) is 29.2 Å². The van der Waals surface area contributed by atoms with Crippen LogP contribution in [0, 0.1) is 0 Å². The van der Waals surface area contributed by atoms with Gasteiger partial charge in [-0.15, -0.1) is 0 Å². The molecule has 170 valence electrons. The summed E-state index contributed by atoms with van der Waals surface area (Å²) in [7, 11) is 1.46. The number of carbonyl (C=O) groups is 1.